The molecule has 0 saturated carbocycles. The molecule has 26 heavy (non-hydrogen) atoms. The summed E-state index contributed by atoms with van der Waals surface area (Å²) in [6, 6.07) is 11.6. The lowest BCUT2D eigenvalue weighted by Crippen LogP contribution is -2.20. The summed E-state index contributed by atoms with van der Waals surface area (Å²) in [5.41, 5.74) is 3.28. The lowest BCUT2D eigenvalue weighted by molar-refractivity contribution is -0.384. The van der Waals surface area contributed by atoms with Gasteiger partial charge in [0.15, 0.2) is 5.78 Å². The molecule has 2 aromatic rings. The number of hydrazone groups is 1. The number of aliphatic hydroxyl groups is 1. The van der Waals surface area contributed by atoms with Crippen LogP contribution in [0, 0.1) is 10.1 Å². The lowest BCUT2D eigenvalue weighted by atomic mass is 10.1. The molecule has 0 atom stereocenters. The van der Waals surface area contributed by atoms with E-state index < -0.39 is 10.8 Å². The summed E-state index contributed by atoms with van der Waals surface area (Å²) in [7, 11) is 0. The van der Waals surface area contributed by atoms with Crippen LogP contribution >= 0.6 is 0 Å². The first-order valence-corrected chi connectivity index (χ1v) is 7.57. The molecule has 1 aliphatic rings. The van der Waals surface area contributed by atoms with Crippen LogP contribution in [0.15, 0.2) is 59.2 Å². The van der Waals surface area contributed by atoms with E-state index in [2.05, 4.69) is 10.5 Å². The van der Waals surface area contributed by atoms with Crippen LogP contribution in [-0.2, 0) is 0 Å². The number of ketones is 1. The van der Waals surface area contributed by atoms with Crippen molar-refractivity contribution in [2.45, 2.75) is 6.92 Å². The van der Waals surface area contributed by atoms with Crippen LogP contribution in [0.2, 0.25) is 0 Å². The van der Waals surface area contributed by atoms with E-state index in [-0.39, 0.29) is 34.1 Å². The maximum Gasteiger partial charge on any atom is 0.271 e. The van der Waals surface area contributed by atoms with Crippen molar-refractivity contribution in [3.05, 3.63) is 80.9 Å². The number of amides is 1. The second-order valence-corrected chi connectivity index (χ2v) is 5.54. The first-order chi connectivity index (χ1) is 12.4. The van der Waals surface area contributed by atoms with Crippen LogP contribution in [-0.4, -0.2) is 27.4 Å². The van der Waals surface area contributed by atoms with E-state index in [1.54, 1.807) is 24.3 Å². The smallest absolute Gasteiger partial charge is 0.271 e. The van der Waals surface area contributed by atoms with Crippen LogP contribution < -0.4 is 5.43 Å². The molecule has 0 saturated heterocycles. The van der Waals surface area contributed by atoms with E-state index in [0.717, 1.165) is 0 Å². The van der Waals surface area contributed by atoms with Gasteiger partial charge in [0.05, 0.1) is 16.2 Å². The van der Waals surface area contributed by atoms with Crippen LogP contribution in [0.4, 0.5) is 5.69 Å². The average molecular weight is 351 g/mol. The fourth-order valence-corrected chi connectivity index (χ4v) is 2.59. The van der Waals surface area contributed by atoms with Crippen LogP contribution in [0.1, 0.15) is 33.2 Å². The number of Topliss-reactive ketones (excluding diaryl/α,β-unsaturated/α-hetero) is 1. The molecule has 1 amide bonds. The Balaban J connectivity index is 1.79. The van der Waals surface area contributed by atoms with Crippen molar-refractivity contribution in [2.24, 2.45) is 5.10 Å². The first kappa shape index (κ1) is 17.0. The number of hydrogen-bond donors (Lipinski definition) is 2. The normalized spacial score (nSPS) is 13.6. The average Bonchev–Trinajstić information content (AvgIpc) is 2.90. The highest BCUT2D eigenvalue weighted by molar-refractivity contribution is 6.35. The third-order valence-corrected chi connectivity index (χ3v) is 3.92. The van der Waals surface area contributed by atoms with E-state index >= 15 is 0 Å². The van der Waals surface area contributed by atoms with Gasteiger partial charge in [-0.05, 0) is 19.1 Å². The van der Waals surface area contributed by atoms with Crippen molar-refractivity contribution in [3.63, 3.8) is 0 Å². The number of carbonyl (C=O) groups excluding carboxylic acids is 2. The first-order valence-electron chi connectivity index (χ1n) is 7.57. The number of nitrogens with one attached hydrogen (secondary N) is 1. The van der Waals surface area contributed by atoms with Gasteiger partial charge in [-0.15, -0.1) is 0 Å². The Kier molecular flexibility index (Phi) is 4.32. The Hall–Kier alpha value is -3.81. The molecule has 0 heterocycles. The molecule has 8 heteroatoms. The molecule has 0 bridgehead atoms. The van der Waals surface area contributed by atoms with Gasteiger partial charge in [-0.1, -0.05) is 24.3 Å². The van der Waals surface area contributed by atoms with Gasteiger partial charge in [-0.2, -0.15) is 5.10 Å². The van der Waals surface area contributed by atoms with Crippen LogP contribution in [0.3, 0.4) is 0 Å². The summed E-state index contributed by atoms with van der Waals surface area (Å²) >= 11 is 0. The third-order valence-electron chi connectivity index (χ3n) is 3.92. The maximum atomic E-state index is 12.4. The number of nitro benzene ring substituents is 1. The van der Waals surface area contributed by atoms with E-state index in [4.69, 9.17) is 0 Å². The molecule has 0 radical (unpaired) electrons. The number of aliphatic hydroxyl groups excluding tert-OH is 1. The fraction of sp³-hybridized carbons (Fsp3) is 0.0556. The number of rotatable bonds is 4. The molecule has 1 aliphatic carbocycles. The highest BCUT2D eigenvalue weighted by Crippen LogP contribution is 2.31. The highest BCUT2D eigenvalue weighted by Gasteiger charge is 2.31. The molecule has 3 rings (SSSR count). The van der Waals surface area contributed by atoms with Crippen molar-refractivity contribution in [2.75, 3.05) is 0 Å². The molecule has 8 nitrogen and oxygen atoms in total. The van der Waals surface area contributed by atoms with Gasteiger partial charge in [0.2, 0.25) is 0 Å². The minimum atomic E-state index is -0.595. The standard InChI is InChI=1S/C18H13N3O5/c1-10(15-16(22)13-4-2-3-5-14(13)17(15)23)19-20-18(24)11-6-8-12(9-7-11)21(25)26/h2-9,22H,1H3,(H,20,24)/b19-10+. The molecule has 0 aliphatic heterocycles. The van der Waals surface area contributed by atoms with Gasteiger partial charge in [-0.25, -0.2) is 5.43 Å². The molecule has 0 spiro atoms. The quantitative estimate of drug-likeness (QED) is 0.498. The molecule has 2 N–H and O–H groups in total. The Bertz CT molecular complexity index is 990. The Morgan fingerprint density at radius 1 is 1.12 bits per heavy atom. The van der Waals surface area contributed by atoms with Gasteiger partial charge in [0, 0.05) is 28.8 Å². The Labute approximate surface area is 147 Å². The summed E-state index contributed by atoms with van der Waals surface area (Å²) in [6.07, 6.45) is 0. The number of fused-ring (bicyclic) bond motifs is 1. The molecule has 0 unspecified atom stereocenters. The summed E-state index contributed by atoms with van der Waals surface area (Å²) in [4.78, 5) is 34.5. The van der Waals surface area contributed by atoms with Gasteiger partial charge in [-0.3, -0.25) is 19.7 Å². The number of allylic oxidation sites excluding steroid dienone is 1. The third kappa shape index (κ3) is 2.95. The van der Waals surface area contributed by atoms with Gasteiger partial charge in [0.25, 0.3) is 11.6 Å². The predicted octanol–water partition coefficient (Wildman–Crippen LogP) is 2.87. The van der Waals surface area contributed by atoms with E-state index in [1.165, 1.54) is 31.2 Å². The zero-order valence-electron chi connectivity index (χ0n) is 13.6. The van der Waals surface area contributed by atoms with Gasteiger partial charge in [0.1, 0.15) is 5.76 Å². The number of non-ortho nitro benzene ring substituents is 1. The SMILES string of the molecule is C/C(=N\NC(=O)c1ccc([N+](=O)[O-])cc1)C1=C(O)c2ccccc2C1=O. The Morgan fingerprint density at radius 3 is 2.31 bits per heavy atom. The lowest BCUT2D eigenvalue weighted by Gasteiger charge is -2.04. The summed E-state index contributed by atoms with van der Waals surface area (Å²) in [6.45, 7) is 1.49. The topological polar surface area (TPSA) is 122 Å². The number of nitro groups is 1. The summed E-state index contributed by atoms with van der Waals surface area (Å²) < 4.78 is 0. The van der Waals surface area contributed by atoms with E-state index in [0.29, 0.717) is 11.1 Å². The second-order valence-electron chi connectivity index (χ2n) is 5.54. The van der Waals surface area contributed by atoms with Crippen molar-refractivity contribution >= 4 is 28.8 Å². The van der Waals surface area contributed by atoms with Gasteiger partial charge < -0.3 is 5.11 Å². The van der Waals surface area contributed by atoms with Crippen molar-refractivity contribution in [1.82, 2.24) is 5.43 Å². The monoisotopic (exact) mass is 351 g/mol. The minimum Gasteiger partial charge on any atom is -0.506 e. The molecule has 2 aromatic carbocycles. The molecule has 130 valence electrons. The number of carbonyl (C=O) groups is 2. The van der Waals surface area contributed by atoms with Crippen LogP contribution in [0.25, 0.3) is 5.76 Å². The Morgan fingerprint density at radius 2 is 1.73 bits per heavy atom. The van der Waals surface area contributed by atoms with Crippen molar-refractivity contribution in [1.29, 1.82) is 0 Å². The van der Waals surface area contributed by atoms with Crippen LogP contribution in [0.5, 0.6) is 0 Å². The largest absolute Gasteiger partial charge is 0.506 e. The predicted molar refractivity (Wildman–Crippen MR) is 94.0 cm³/mol. The highest BCUT2D eigenvalue weighted by atomic mass is 16.6. The summed E-state index contributed by atoms with van der Waals surface area (Å²) in [5.74, 6) is -1.15. The summed E-state index contributed by atoms with van der Waals surface area (Å²) in [5, 5.41) is 24.7. The number of nitrogens with zero attached hydrogens (tertiary/aromatic N) is 2. The molecule has 0 aromatic heterocycles. The molecular formula is C18H13N3O5. The van der Waals surface area contributed by atoms with E-state index in [9.17, 15) is 24.8 Å². The van der Waals surface area contributed by atoms with Gasteiger partial charge >= 0.3 is 0 Å². The second kappa shape index (κ2) is 6.60. The van der Waals surface area contributed by atoms with Crippen molar-refractivity contribution in [3.8, 4) is 0 Å². The zero-order chi connectivity index (χ0) is 18.8. The van der Waals surface area contributed by atoms with Crippen molar-refractivity contribution < 1.29 is 19.6 Å². The maximum absolute atomic E-state index is 12.4. The molecule has 0 fully saturated rings. The number of benzene rings is 2. The molecular weight excluding hydrogens is 338 g/mol. The zero-order valence-corrected chi connectivity index (χ0v) is 13.6. The van der Waals surface area contributed by atoms with E-state index in [1.807, 2.05) is 0 Å². The number of hydrogen-bond acceptors (Lipinski definition) is 6. The fourth-order valence-electron chi connectivity index (χ4n) is 2.59. The minimum absolute atomic E-state index is 0.0233.